The maximum atomic E-state index is 14.1. The number of hydrogen-bond acceptors (Lipinski definition) is 4. The molecule has 2 atom stereocenters. The Balaban J connectivity index is 1.55. The lowest BCUT2D eigenvalue weighted by atomic mass is 10.1. The molecule has 8 heteroatoms. The molecule has 0 saturated heterocycles. The number of thiazole rings is 1. The van der Waals surface area contributed by atoms with Gasteiger partial charge in [-0.25, -0.2) is 9.37 Å². The summed E-state index contributed by atoms with van der Waals surface area (Å²) in [5.41, 5.74) is 2.38. The van der Waals surface area contributed by atoms with Gasteiger partial charge in [0.25, 0.3) is 0 Å². The molecule has 0 fully saturated rings. The predicted molar refractivity (Wildman–Crippen MR) is 148 cm³/mol. The number of nitrogens with zero attached hydrogens (tertiary/aromatic N) is 1. The van der Waals surface area contributed by atoms with Crippen molar-refractivity contribution in [3.63, 3.8) is 0 Å². The van der Waals surface area contributed by atoms with Gasteiger partial charge in [-0.05, 0) is 36.6 Å². The molecular weight excluding hydrogens is 514 g/mol. The van der Waals surface area contributed by atoms with E-state index in [9.17, 15) is 17.6 Å². The molecule has 0 amide bonds. The molecule has 1 aromatic heterocycles. The summed E-state index contributed by atoms with van der Waals surface area (Å²) in [5.74, 6) is 0.616. The second-order valence-corrected chi connectivity index (χ2v) is 10.8. The average molecular weight is 554 g/mol. The zero-order valence-corrected chi connectivity index (χ0v) is 23.2. The summed E-state index contributed by atoms with van der Waals surface area (Å²) in [7, 11) is 0. The van der Waals surface area contributed by atoms with Crippen molar-refractivity contribution in [3.05, 3.63) is 48.0 Å². The number of fused-ring (bicyclic) bond motifs is 1. The normalized spacial score (nSPS) is 13.6. The lowest BCUT2D eigenvalue weighted by molar-refractivity contribution is -0.225. The van der Waals surface area contributed by atoms with Crippen LogP contribution < -0.4 is 4.74 Å². The standard InChI is InChI=1S/C30H39F4NO2S/c1-3-5-7-9-11-24(31)21-36-25-17-18-26-27(19-25)38-29(35-26)23-15-13-22(14-16-23)20-37-28(30(32,33)34)12-10-8-6-4-2/h13-19,24,28H,3-12,20-21H2,1-2H3. The highest BCUT2D eigenvalue weighted by molar-refractivity contribution is 7.21. The third kappa shape index (κ3) is 9.84. The van der Waals surface area contributed by atoms with Crippen molar-refractivity contribution in [2.45, 2.75) is 103 Å². The number of unbranched alkanes of at least 4 members (excludes halogenated alkanes) is 6. The number of alkyl halides is 4. The van der Waals surface area contributed by atoms with Crippen LogP contribution in [-0.4, -0.2) is 30.0 Å². The van der Waals surface area contributed by atoms with Gasteiger partial charge in [-0.15, -0.1) is 11.3 Å². The minimum atomic E-state index is -4.37. The molecule has 38 heavy (non-hydrogen) atoms. The molecule has 3 aromatic rings. The molecule has 0 spiro atoms. The van der Waals surface area contributed by atoms with Gasteiger partial charge in [0.1, 0.15) is 23.5 Å². The zero-order valence-electron chi connectivity index (χ0n) is 22.4. The molecule has 3 rings (SSSR count). The SMILES string of the molecule is CCCCCCC(F)COc1ccc2nc(-c3ccc(COC(CCCCCC)C(F)(F)F)cc3)sc2c1. The first-order valence-electron chi connectivity index (χ1n) is 13.7. The van der Waals surface area contributed by atoms with E-state index >= 15 is 0 Å². The lowest BCUT2D eigenvalue weighted by Crippen LogP contribution is -2.31. The molecule has 3 nitrogen and oxygen atoms in total. The van der Waals surface area contributed by atoms with Gasteiger partial charge in [0.2, 0.25) is 0 Å². The fourth-order valence-electron chi connectivity index (χ4n) is 4.22. The lowest BCUT2D eigenvalue weighted by Gasteiger charge is -2.21. The summed E-state index contributed by atoms with van der Waals surface area (Å²) >= 11 is 1.49. The Morgan fingerprint density at radius 2 is 1.55 bits per heavy atom. The second-order valence-electron chi connectivity index (χ2n) is 9.79. The second kappa shape index (κ2) is 15.4. The van der Waals surface area contributed by atoms with E-state index in [1.165, 1.54) is 11.3 Å². The Labute approximate surface area is 227 Å². The summed E-state index contributed by atoms with van der Waals surface area (Å²) < 4.78 is 66.1. The first-order valence-corrected chi connectivity index (χ1v) is 14.6. The van der Waals surface area contributed by atoms with E-state index in [0.717, 1.165) is 65.7 Å². The Kier molecular flexibility index (Phi) is 12.3. The van der Waals surface area contributed by atoms with Crippen LogP contribution in [0.4, 0.5) is 17.6 Å². The van der Waals surface area contributed by atoms with Gasteiger partial charge in [-0.2, -0.15) is 13.2 Å². The summed E-state index contributed by atoms with van der Waals surface area (Å²) in [6, 6.07) is 12.8. The van der Waals surface area contributed by atoms with E-state index in [-0.39, 0.29) is 19.6 Å². The Morgan fingerprint density at radius 1 is 0.868 bits per heavy atom. The molecule has 1 heterocycles. The molecular formula is C30H39F4NO2S. The number of halogens is 4. The maximum Gasteiger partial charge on any atom is 0.414 e. The van der Waals surface area contributed by atoms with Crippen LogP contribution in [0.5, 0.6) is 5.75 Å². The van der Waals surface area contributed by atoms with Crippen molar-refractivity contribution in [1.29, 1.82) is 0 Å². The van der Waals surface area contributed by atoms with Crippen molar-refractivity contribution in [2.24, 2.45) is 0 Å². The number of benzene rings is 2. The number of rotatable bonds is 17. The highest BCUT2D eigenvalue weighted by Crippen LogP contribution is 2.33. The highest BCUT2D eigenvalue weighted by Gasteiger charge is 2.40. The zero-order chi connectivity index (χ0) is 27.4. The molecule has 0 aliphatic carbocycles. The van der Waals surface area contributed by atoms with Crippen LogP contribution in [0.1, 0.15) is 83.6 Å². The summed E-state index contributed by atoms with van der Waals surface area (Å²) in [6.45, 7) is 4.11. The van der Waals surface area contributed by atoms with E-state index in [2.05, 4.69) is 11.9 Å². The molecule has 0 saturated carbocycles. The van der Waals surface area contributed by atoms with Crippen molar-refractivity contribution in [3.8, 4) is 16.3 Å². The van der Waals surface area contributed by atoms with Crippen molar-refractivity contribution < 1.29 is 27.0 Å². The van der Waals surface area contributed by atoms with E-state index < -0.39 is 18.5 Å². The largest absolute Gasteiger partial charge is 0.491 e. The number of ether oxygens (including phenoxy) is 2. The van der Waals surface area contributed by atoms with Crippen LogP contribution in [0.25, 0.3) is 20.8 Å². The topological polar surface area (TPSA) is 31.4 Å². The molecule has 0 aliphatic heterocycles. The fourth-order valence-corrected chi connectivity index (χ4v) is 5.22. The van der Waals surface area contributed by atoms with E-state index in [4.69, 9.17) is 9.47 Å². The summed E-state index contributed by atoms with van der Waals surface area (Å²) in [5, 5.41) is 0.799. The molecule has 2 unspecified atom stereocenters. The maximum absolute atomic E-state index is 14.1. The molecule has 0 N–H and O–H groups in total. The molecule has 210 valence electrons. The van der Waals surface area contributed by atoms with Crippen molar-refractivity contribution >= 4 is 21.6 Å². The first-order chi connectivity index (χ1) is 18.3. The van der Waals surface area contributed by atoms with Gasteiger partial charge < -0.3 is 9.47 Å². The van der Waals surface area contributed by atoms with Crippen LogP contribution >= 0.6 is 11.3 Å². The molecule has 0 bridgehead atoms. The van der Waals surface area contributed by atoms with Gasteiger partial charge in [-0.3, -0.25) is 0 Å². The molecule has 2 aromatic carbocycles. The summed E-state index contributed by atoms with van der Waals surface area (Å²) in [6.07, 6.45) is 0.815. The van der Waals surface area contributed by atoms with E-state index in [1.807, 2.05) is 31.2 Å². The van der Waals surface area contributed by atoms with Crippen LogP contribution in [0.3, 0.4) is 0 Å². The fraction of sp³-hybridized carbons (Fsp3) is 0.567. The van der Waals surface area contributed by atoms with Gasteiger partial charge in [0, 0.05) is 5.56 Å². The quantitative estimate of drug-likeness (QED) is 0.123. The monoisotopic (exact) mass is 553 g/mol. The van der Waals surface area contributed by atoms with Gasteiger partial charge in [-0.1, -0.05) is 89.5 Å². The predicted octanol–water partition coefficient (Wildman–Crippen LogP) is 10.1. The smallest absolute Gasteiger partial charge is 0.414 e. The Morgan fingerprint density at radius 3 is 2.21 bits per heavy atom. The third-order valence-corrected chi connectivity index (χ3v) is 7.57. The van der Waals surface area contributed by atoms with Crippen LogP contribution in [0.15, 0.2) is 42.5 Å². The highest BCUT2D eigenvalue weighted by atomic mass is 32.1. The minimum Gasteiger partial charge on any atom is -0.491 e. The molecule has 0 aliphatic rings. The minimum absolute atomic E-state index is 0.00999. The Bertz CT molecular complexity index is 1080. The van der Waals surface area contributed by atoms with Crippen molar-refractivity contribution in [1.82, 2.24) is 4.98 Å². The number of aromatic nitrogens is 1. The summed E-state index contributed by atoms with van der Waals surface area (Å²) in [4.78, 5) is 4.67. The van der Waals surface area contributed by atoms with Crippen LogP contribution in [-0.2, 0) is 11.3 Å². The van der Waals surface area contributed by atoms with Crippen molar-refractivity contribution in [2.75, 3.05) is 6.61 Å². The Hall–Kier alpha value is -2.19. The van der Waals surface area contributed by atoms with E-state index in [0.29, 0.717) is 24.2 Å². The van der Waals surface area contributed by atoms with E-state index in [1.54, 1.807) is 18.2 Å². The van der Waals surface area contributed by atoms with Gasteiger partial charge in [0.05, 0.1) is 16.8 Å². The average Bonchev–Trinajstić information content (AvgIpc) is 3.32. The van der Waals surface area contributed by atoms with Crippen LogP contribution in [0, 0.1) is 0 Å². The first kappa shape index (κ1) is 30.4. The van der Waals surface area contributed by atoms with Gasteiger partial charge in [0.15, 0.2) is 6.10 Å². The number of hydrogen-bond donors (Lipinski definition) is 0. The van der Waals surface area contributed by atoms with Gasteiger partial charge >= 0.3 is 6.18 Å². The third-order valence-electron chi connectivity index (χ3n) is 6.50. The van der Waals surface area contributed by atoms with Crippen LogP contribution in [0.2, 0.25) is 0 Å². The molecule has 0 radical (unpaired) electrons.